The van der Waals surface area contributed by atoms with E-state index in [1.807, 2.05) is 0 Å². The van der Waals surface area contributed by atoms with Gasteiger partial charge in [0.2, 0.25) is 5.91 Å². The van der Waals surface area contributed by atoms with Crippen LogP contribution in [0.5, 0.6) is 0 Å². The van der Waals surface area contributed by atoms with Gasteiger partial charge in [0.05, 0.1) is 6.61 Å². The lowest BCUT2D eigenvalue weighted by Gasteiger charge is -2.25. The number of allylic oxidation sites excluding steroid dienone is 1. The van der Waals surface area contributed by atoms with Crippen LogP contribution in [0.25, 0.3) is 0 Å². The second kappa shape index (κ2) is 4.91. The van der Waals surface area contributed by atoms with Crippen LogP contribution in [-0.4, -0.2) is 41.9 Å². The summed E-state index contributed by atoms with van der Waals surface area (Å²) in [5.41, 5.74) is 0. The zero-order valence-corrected chi connectivity index (χ0v) is 8.22. The highest BCUT2D eigenvalue weighted by atomic mass is 16.3. The molecule has 0 aromatic heterocycles. The summed E-state index contributed by atoms with van der Waals surface area (Å²) in [6.07, 6.45) is 5.00. The number of aliphatic hydroxyl groups excluding tert-OH is 1. The molecule has 0 aromatic carbocycles. The van der Waals surface area contributed by atoms with E-state index in [1.54, 1.807) is 18.0 Å². The number of carbonyl (C=O) groups is 2. The number of nitrogens with zero attached hydrogens (tertiary/aromatic N) is 1. The monoisotopic (exact) mass is 197 g/mol. The van der Waals surface area contributed by atoms with Gasteiger partial charge in [0, 0.05) is 25.4 Å². The summed E-state index contributed by atoms with van der Waals surface area (Å²) in [5.74, 6) is -0.0235. The Morgan fingerprint density at radius 3 is 2.86 bits per heavy atom. The second-order valence-corrected chi connectivity index (χ2v) is 3.48. The van der Waals surface area contributed by atoms with Crippen LogP contribution >= 0.6 is 0 Å². The summed E-state index contributed by atoms with van der Waals surface area (Å²) >= 11 is 0. The fourth-order valence-corrected chi connectivity index (χ4v) is 1.83. The van der Waals surface area contributed by atoms with Crippen molar-refractivity contribution in [1.82, 2.24) is 4.90 Å². The minimum atomic E-state index is -0.128. The minimum Gasteiger partial charge on any atom is -0.396 e. The Morgan fingerprint density at radius 1 is 1.71 bits per heavy atom. The van der Waals surface area contributed by atoms with Gasteiger partial charge in [-0.05, 0) is 12.5 Å². The Balaban J connectivity index is 2.65. The third kappa shape index (κ3) is 2.20. The first-order valence-electron chi connectivity index (χ1n) is 4.69. The molecule has 1 saturated heterocycles. The summed E-state index contributed by atoms with van der Waals surface area (Å²) in [6.45, 7) is -0.0351. The number of hydrogen-bond donors (Lipinski definition) is 1. The van der Waals surface area contributed by atoms with Crippen molar-refractivity contribution in [2.45, 2.75) is 18.9 Å². The van der Waals surface area contributed by atoms with Crippen LogP contribution in [0, 0.1) is 5.92 Å². The maximum atomic E-state index is 11.2. The van der Waals surface area contributed by atoms with Crippen molar-refractivity contribution < 1.29 is 14.7 Å². The third-order valence-corrected chi connectivity index (χ3v) is 2.69. The van der Waals surface area contributed by atoms with Crippen LogP contribution in [0.4, 0.5) is 0 Å². The van der Waals surface area contributed by atoms with E-state index >= 15 is 0 Å². The first-order chi connectivity index (χ1) is 6.70. The van der Waals surface area contributed by atoms with Crippen molar-refractivity contribution in [3.05, 3.63) is 12.2 Å². The molecule has 78 valence electrons. The Kier molecular flexibility index (Phi) is 3.83. The predicted molar refractivity (Wildman–Crippen MR) is 51.6 cm³/mol. The summed E-state index contributed by atoms with van der Waals surface area (Å²) in [6, 6.07) is 0.0312. The lowest BCUT2D eigenvalue weighted by atomic mass is 9.98. The molecule has 2 atom stereocenters. The summed E-state index contributed by atoms with van der Waals surface area (Å²) in [7, 11) is 1.73. The van der Waals surface area contributed by atoms with E-state index in [1.165, 1.54) is 6.08 Å². The molecule has 0 aliphatic carbocycles. The number of aldehydes is 1. The average molecular weight is 197 g/mol. The Bertz CT molecular complexity index is 250. The van der Waals surface area contributed by atoms with Crippen LogP contribution in [0.1, 0.15) is 12.8 Å². The fraction of sp³-hybridized carbons (Fsp3) is 0.600. The molecule has 4 heteroatoms. The number of carbonyl (C=O) groups excluding carboxylic acids is 2. The molecular weight excluding hydrogens is 182 g/mol. The van der Waals surface area contributed by atoms with Crippen molar-refractivity contribution in [3.63, 3.8) is 0 Å². The molecule has 0 saturated carbocycles. The number of hydrogen-bond acceptors (Lipinski definition) is 3. The predicted octanol–water partition coefficient (Wildman–Crippen LogP) is -0.0292. The maximum absolute atomic E-state index is 11.2. The van der Waals surface area contributed by atoms with Gasteiger partial charge < -0.3 is 10.0 Å². The zero-order valence-electron chi connectivity index (χ0n) is 8.22. The molecule has 0 radical (unpaired) electrons. The van der Waals surface area contributed by atoms with E-state index in [0.29, 0.717) is 12.7 Å². The molecule has 1 aliphatic heterocycles. The van der Waals surface area contributed by atoms with Crippen molar-refractivity contribution in [2.24, 2.45) is 5.92 Å². The maximum Gasteiger partial charge on any atom is 0.222 e. The second-order valence-electron chi connectivity index (χ2n) is 3.48. The van der Waals surface area contributed by atoms with Crippen LogP contribution in [0.15, 0.2) is 12.2 Å². The number of likely N-dealkylation sites (tertiary alicyclic amines) is 1. The lowest BCUT2D eigenvalue weighted by molar-refractivity contribution is -0.128. The van der Waals surface area contributed by atoms with Crippen molar-refractivity contribution in [3.8, 4) is 0 Å². The average Bonchev–Trinajstić information content (AvgIpc) is 2.51. The van der Waals surface area contributed by atoms with Gasteiger partial charge in [-0.15, -0.1) is 0 Å². The quantitative estimate of drug-likeness (QED) is 0.508. The molecule has 0 aromatic rings. The van der Waals surface area contributed by atoms with Crippen LogP contribution < -0.4 is 0 Å². The highest BCUT2D eigenvalue weighted by Gasteiger charge is 2.32. The third-order valence-electron chi connectivity index (χ3n) is 2.69. The Morgan fingerprint density at radius 2 is 2.43 bits per heavy atom. The molecule has 1 rings (SSSR count). The van der Waals surface area contributed by atoms with E-state index in [4.69, 9.17) is 5.11 Å². The molecular formula is C10H15NO3. The summed E-state index contributed by atoms with van der Waals surface area (Å²) in [5, 5.41) is 9.11. The molecule has 1 heterocycles. The SMILES string of the molecule is CN1C(=O)CCC1C(/C=C\C=O)CO. The molecule has 0 bridgehead atoms. The molecule has 4 nitrogen and oxygen atoms in total. The van der Waals surface area contributed by atoms with Gasteiger partial charge in [-0.25, -0.2) is 0 Å². The summed E-state index contributed by atoms with van der Waals surface area (Å²) in [4.78, 5) is 23.0. The fourth-order valence-electron chi connectivity index (χ4n) is 1.83. The zero-order chi connectivity index (χ0) is 10.6. The highest BCUT2D eigenvalue weighted by Crippen LogP contribution is 2.23. The molecule has 1 amide bonds. The van der Waals surface area contributed by atoms with Gasteiger partial charge in [-0.1, -0.05) is 6.08 Å². The van der Waals surface area contributed by atoms with E-state index in [9.17, 15) is 9.59 Å². The highest BCUT2D eigenvalue weighted by molar-refractivity contribution is 5.78. The smallest absolute Gasteiger partial charge is 0.222 e. The van der Waals surface area contributed by atoms with Crippen molar-refractivity contribution in [2.75, 3.05) is 13.7 Å². The normalized spacial score (nSPS) is 24.6. The van der Waals surface area contributed by atoms with Crippen molar-refractivity contribution >= 4 is 12.2 Å². The Hall–Kier alpha value is -1.16. The molecule has 1 N–H and O–H groups in total. The van der Waals surface area contributed by atoms with Gasteiger partial charge >= 0.3 is 0 Å². The summed E-state index contributed by atoms with van der Waals surface area (Å²) < 4.78 is 0. The van der Waals surface area contributed by atoms with E-state index in [2.05, 4.69) is 0 Å². The van der Waals surface area contributed by atoms with E-state index in [-0.39, 0.29) is 24.5 Å². The largest absolute Gasteiger partial charge is 0.396 e. The van der Waals surface area contributed by atoms with Gasteiger partial charge in [-0.3, -0.25) is 9.59 Å². The van der Waals surface area contributed by atoms with Gasteiger partial charge in [0.25, 0.3) is 0 Å². The standard InChI is InChI=1S/C10H15NO3/c1-11-9(4-5-10(11)14)8(7-13)3-2-6-12/h2-3,6,8-9,13H,4-5,7H2,1H3/b3-2-. The number of aliphatic hydroxyl groups is 1. The van der Waals surface area contributed by atoms with E-state index < -0.39 is 0 Å². The molecule has 0 spiro atoms. The first kappa shape index (κ1) is 10.9. The van der Waals surface area contributed by atoms with Gasteiger partial charge in [-0.2, -0.15) is 0 Å². The number of rotatable bonds is 4. The first-order valence-corrected chi connectivity index (χ1v) is 4.69. The minimum absolute atomic E-state index is 0.0312. The van der Waals surface area contributed by atoms with Gasteiger partial charge in [0.1, 0.15) is 6.29 Å². The molecule has 1 aliphatic rings. The molecule has 1 fully saturated rings. The lowest BCUT2D eigenvalue weighted by Crippen LogP contribution is -2.35. The Labute approximate surface area is 83.2 Å². The van der Waals surface area contributed by atoms with Crippen molar-refractivity contribution in [1.29, 1.82) is 0 Å². The molecule has 2 unspecified atom stereocenters. The van der Waals surface area contributed by atoms with E-state index in [0.717, 1.165) is 6.42 Å². The topological polar surface area (TPSA) is 57.6 Å². The van der Waals surface area contributed by atoms with Gasteiger partial charge in [0.15, 0.2) is 0 Å². The van der Waals surface area contributed by atoms with Crippen LogP contribution in [0.2, 0.25) is 0 Å². The van der Waals surface area contributed by atoms with Crippen LogP contribution in [0.3, 0.4) is 0 Å². The number of amides is 1. The van der Waals surface area contributed by atoms with Crippen LogP contribution in [-0.2, 0) is 9.59 Å². The molecule has 14 heavy (non-hydrogen) atoms.